The van der Waals surface area contributed by atoms with Gasteiger partial charge >= 0.3 is 0 Å². The number of hydrogen-bond donors (Lipinski definition) is 1. The minimum atomic E-state index is -0.635. The Bertz CT molecular complexity index is 352. The van der Waals surface area contributed by atoms with Crippen LogP contribution in [0.1, 0.15) is 18.6 Å². The molecule has 1 aliphatic rings. The molecule has 1 aliphatic heterocycles. The summed E-state index contributed by atoms with van der Waals surface area (Å²) in [4.78, 5) is 0. The molecule has 2 nitrogen and oxygen atoms in total. The van der Waals surface area contributed by atoms with Crippen molar-refractivity contribution >= 4 is 0 Å². The van der Waals surface area contributed by atoms with Gasteiger partial charge < -0.3 is 9.84 Å². The summed E-state index contributed by atoms with van der Waals surface area (Å²) in [6.07, 6.45) is -1.44. The summed E-state index contributed by atoms with van der Waals surface area (Å²) in [7, 11) is 0. The summed E-state index contributed by atoms with van der Waals surface area (Å²) in [5.41, 5.74) is 0.303. The molecule has 4 heteroatoms. The highest BCUT2D eigenvalue weighted by molar-refractivity contribution is 5.25. The third kappa shape index (κ3) is 1.63. The first-order valence-electron chi connectivity index (χ1n) is 4.38. The zero-order valence-corrected chi connectivity index (χ0v) is 7.58. The maximum atomic E-state index is 13.2. The Morgan fingerprint density at radius 2 is 2.14 bits per heavy atom. The molecule has 1 fully saturated rings. The lowest BCUT2D eigenvalue weighted by molar-refractivity contribution is 0.152. The van der Waals surface area contributed by atoms with E-state index in [1.165, 1.54) is 12.1 Å². The van der Waals surface area contributed by atoms with Gasteiger partial charge in [-0.25, -0.2) is 8.78 Å². The van der Waals surface area contributed by atoms with E-state index >= 15 is 0 Å². The van der Waals surface area contributed by atoms with Crippen LogP contribution in [0.25, 0.3) is 0 Å². The number of epoxide rings is 1. The van der Waals surface area contributed by atoms with Crippen LogP contribution in [0.15, 0.2) is 18.2 Å². The molecule has 2 rings (SSSR count). The Kier molecular flexibility index (Phi) is 2.25. The van der Waals surface area contributed by atoms with Crippen molar-refractivity contribution in [1.82, 2.24) is 0 Å². The Balaban J connectivity index is 2.19. The van der Waals surface area contributed by atoms with Crippen LogP contribution < -0.4 is 0 Å². The Morgan fingerprint density at radius 1 is 1.43 bits per heavy atom. The van der Waals surface area contributed by atoms with E-state index < -0.39 is 23.8 Å². The summed E-state index contributed by atoms with van der Waals surface area (Å²) in [6, 6.07) is 3.34. The molecule has 76 valence electrons. The predicted molar refractivity (Wildman–Crippen MR) is 45.7 cm³/mol. The van der Waals surface area contributed by atoms with Crippen molar-refractivity contribution in [3.05, 3.63) is 35.4 Å². The van der Waals surface area contributed by atoms with Crippen molar-refractivity contribution < 1.29 is 18.6 Å². The number of aliphatic hydroxyl groups is 1. The second-order valence-corrected chi connectivity index (χ2v) is 3.43. The third-order valence-electron chi connectivity index (χ3n) is 2.27. The number of rotatable bonds is 2. The number of aliphatic hydroxyl groups excluding tert-OH is 1. The quantitative estimate of drug-likeness (QED) is 0.738. The highest BCUT2D eigenvalue weighted by Crippen LogP contribution is 2.41. The zero-order chi connectivity index (χ0) is 10.3. The molecule has 1 aromatic rings. The van der Waals surface area contributed by atoms with Crippen molar-refractivity contribution in [1.29, 1.82) is 0 Å². The Morgan fingerprint density at radius 3 is 2.64 bits per heavy atom. The lowest BCUT2D eigenvalue weighted by Gasteiger charge is -2.00. The van der Waals surface area contributed by atoms with Crippen LogP contribution in [0, 0.1) is 11.6 Å². The predicted octanol–water partition coefficient (Wildman–Crippen LogP) is 1.79. The smallest absolute Gasteiger partial charge is 0.132 e. The van der Waals surface area contributed by atoms with E-state index in [4.69, 9.17) is 9.84 Å². The number of ether oxygens (including phenoxy) is 1. The largest absolute Gasteiger partial charge is 0.391 e. The molecule has 0 aliphatic carbocycles. The van der Waals surface area contributed by atoms with Gasteiger partial charge in [0.05, 0.1) is 6.10 Å². The molecule has 0 radical (unpaired) electrons. The van der Waals surface area contributed by atoms with Gasteiger partial charge in [0.2, 0.25) is 0 Å². The SMILES string of the molecule is CC(O)C1OC1c1ccc(F)cc1F. The molecule has 0 aromatic heterocycles. The van der Waals surface area contributed by atoms with Crippen LogP contribution in [0.3, 0.4) is 0 Å². The summed E-state index contributed by atoms with van der Waals surface area (Å²) in [5, 5.41) is 9.15. The third-order valence-corrected chi connectivity index (χ3v) is 2.27. The molecular weight excluding hydrogens is 190 g/mol. The second kappa shape index (κ2) is 3.29. The molecular formula is C10H10F2O2. The molecule has 14 heavy (non-hydrogen) atoms. The van der Waals surface area contributed by atoms with Crippen LogP contribution in [0.4, 0.5) is 8.78 Å². The zero-order valence-electron chi connectivity index (χ0n) is 7.58. The van der Waals surface area contributed by atoms with Crippen molar-refractivity contribution in [2.75, 3.05) is 0 Å². The van der Waals surface area contributed by atoms with Crippen LogP contribution in [-0.4, -0.2) is 17.3 Å². The maximum Gasteiger partial charge on any atom is 0.132 e. The molecule has 0 spiro atoms. The lowest BCUT2D eigenvalue weighted by atomic mass is 10.1. The second-order valence-electron chi connectivity index (χ2n) is 3.43. The van der Waals surface area contributed by atoms with Gasteiger partial charge in [0.15, 0.2) is 0 Å². The van der Waals surface area contributed by atoms with Crippen molar-refractivity contribution in [2.24, 2.45) is 0 Å². The molecule has 0 amide bonds. The van der Waals surface area contributed by atoms with E-state index in [0.717, 1.165) is 6.07 Å². The fourth-order valence-electron chi connectivity index (χ4n) is 1.47. The number of benzene rings is 1. The molecule has 1 N–H and O–H groups in total. The number of hydrogen-bond acceptors (Lipinski definition) is 2. The van der Waals surface area contributed by atoms with Crippen LogP contribution in [-0.2, 0) is 4.74 Å². The van der Waals surface area contributed by atoms with Gasteiger partial charge in [0.25, 0.3) is 0 Å². The standard InChI is InChI=1S/C10H10F2O2/c1-5(13)9-10(14-9)7-3-2-6(11)4-8(7)12/h2-5,9-10,13H,1H3. The minimum Gasteiger partial charge on any atom is -0.391 e. The summed E-state index contributed by atoms with van der Waals surface area (Å²) < 4.78 is 30.8. The van der Waals surface area contributed by atoms with Crippen molar-refractivity contribution in [3.8, 4) is 0 Å². The van der Waals surface area contributed by atoms with Crippen LogP contribution in [0.2, 0.25) is 0 Å². The number of halogens is 2. The molecule has 3 unspecified atom stereocenters. The normalized spacial score (nSPS) is 27.4. The van der Waals surface area contributed by atoms with Gasteiger partial charge in [-0.1, -0.05) is 6.07 Å². The molecule has 0 saturated carbocycles. The molecule has 1 aromatic carbocycles. The van der Waals surface area contributed by atoms with Gasteiger partial charge in [-0.05, 0) is 13.0 Å². The van der Waals surface area contributed by atoms with Gasteiger partial charge in [0, 0.05) is 11.6 Å². The van der Waals surface area contributed by atoms with Gasteiger partial charge in [-0.15, -0.1) is 0 Å². The van der Waals surface area contributed by atoms with Gasteiger partial charge in [-0.3, -0.25) is 0 Å². The van der Waals surface area contributed by atoms with Crippen LogP contribution in [0.5, 0.6) is 0 Å². The lowest BCUT2D eigenvalue weighted by Crippen LogP contribution is -2.09. The highest BCUT2D eigenvalue weighted by Gasteiger charge is 2.44. The van der Waals surface area contributed by atoms with E-state index in [1.54, 1.807) is 6.92 Å². The fourth-order valence-corrected chi connectivity index (χ4v) is 1.47. The van der Waals surface area contributed by atoms with Crippen molar-refractivity contribution in [2.45, 2.75) is 25.2 Å². The van der Waals surface area contributed by atoms with E-state index in [1.807, 2.05) is 0 Å². The average molecular weight is 200 g/mol. The van der Waals surface area contributed by atoms with Gasteiger partial charge in [0.1, 0.15) is 23.8 Å². The van der Waals surface area contributed by atoms with Crippen molar-refractivity contribution in [3.63, 3.8) is 0 Å². The molecule has 1 saturated heterocycles. The van der Waals surface area contributed by atoms with E-state index in [0.29, 0.717) is 5.56 Å². The fraction of sp³-hybridized carbons (Fsp3) is 0.400. The topological polar surface area (TPSA) is 32.8 Å². The average Bonchev–Trinajstić information content (AvgIpc) is 2.83. The maximum absolute atomic E-state index is 13.2. The molecule has 0 bridgehead atoms. The van der Waals surface area contributed by atoms with Gasteiger partial charge in [-0.2, -0.15) is 0 Å². The van der Waals surface area contributed by atoms with E-state index in [9.17, 15) is 8.78 Å². The van der Waals surface area contributed by atoms with E-state index in [-0.39, 0.29) is 6.10 Å². The van der Waals surface area contributed by atoms with Crippen LogP contribution >= 0.6 is 0 Å². The Hall–Kier alpha value is -1.00. The molecule has 3 atom stereocenters. The minimum absolute atomic E-state index is 0.303. The summed E-state index contributed by atoms with van der Waals surface area (Å²) >= 11 is 0. The monoisotopic (exact) mass is 200 g/mol. The first kappa shape index (κ1) is 9.55. The van der Waals surface area contributed by atoms with E-state index in [2.05, 4.69) is 0 Å². The summed E-state index contributed by atoms with van der Waals surface area (Å²) in [6.45, 7) is 1.58. The Labute approximate surface area is 80.1 Å². The first-order valence-corrected chi connectivity index (χ1v) is 4.38. The molecule has 1 heterocycles. The first-order chi connectivity index (χ1) is 6.59. The highest BCUT2D eigenvalue weighted by atomic mass is 19.1. The summed E-state index contributed by atoms with van der Waals surface area (Å²) in [5.74, 6) is -1.24.